The molecule has 0 bridgehead atoms. The maximum atomic E-state index is 10.7. The summed E-state index contributed by atoms with van der Waals surface area (Å²) in [4.78, 5) is 42.6. The van der Waals surface area contributed by atoms with Gasteiger partial charge in [-0.2, -0.15) is 0 Å². The number of carbonyl (C=O) groups excluding carboxylic acids is 3. The molecule has 1 heterocycles. The van der Waals surface area contributed by atoms with Crippen LogP contribution in [0.15, 0.2) is 12.2 Å². The maximum Gasteiger partial charge on any atom is 0.407 e. The van der Waals surface area contributed by atoms with Crippen molar-refractivity contribution in [2.45, 2.75) is 26.4 Å². The topological polar surface area (TPSA) is 113 Å². The first-order chi connectivity index (χ1) is 9.06. The van der Waals surface area contributed by atoms with E-state index in [1.165, 1.54) is 7.05 Å². The summed E-state index contributed by atoms with van der Waals surface area (Å²) in [5, 5.41) is 10.6. The Balaban J connectivity index is 0.000000370. The van der Waals surface area contributed by atoms with Gasteiger partial charge in [0.1, 0.15) is 12.1 Å². The van der Waals surface area contributed by atoms with Gasteiger partial charge in [0.25, 0.3) is 11.8 Å². The van der Waals surface area contributed by atoms with Gasteiger partial charge in [0.2, 0.25) is 0 Å². The number of ether oxygens (including phenoxy) is 1. The highest BCUT2D eigenvalue weighted by molar-refractivity contribution is 6.14. The van der Waals surface area contributed by atoms with Crippen molar-refractivity contribution >= 4 is 23.9 Å². The van der Waals surface area contributed by atoms with Crippen molar-refractivity contribution in [1.29, 1.82) is 0 Å². The van der Waals surface area contributed by atoms with E-state index in [-0.39, 0.29) is 11.7 Å². The second kappa shape index (κ2) is 7.27. The first-order valence-electron chi connectivity index (χ1n) is 5.73. The zero-order chi connectivity index (χ0) is 15.9. The number of nitrogens with zero attached hydrogens (tertiary/aromatic N) is 1. The monoisotopic (exact) mass is 286 g/mol. The molecule has 0 radical (unpaired) electrons. The van der Waals surface area contributed by atoms with Crippen molar-refractivity contribution in [3.05, 3.63) is 12.2 Å². The summed E-state index contributed by atoms with van der Waals surface area (Å²) in [6, 6.07) is 0. The largest absolute Gasteiger partial charge is 0.480 e. The molecule has 0 aromatic carbocycles. The van der Waals surface area contributed by atoms with E-state index in [4.69, 9.17) is 9.84 Å². The molecule has 0 spiro atoms. The number of amides is 3. The Kier molecular flexibility index (Phi) is 6.40. The molecule has 0 saturated carbocycles. The van der Waals surface area contributed by atoms with Crippen LogP contribution < -0.4 is 5.32 Å². The molecular weight excluding hydrogens is 268 g/mol. The minimum atomic E-state index is -1.20. The Bertz CT molecular complexity index is 418. The highest BCUT2D eigenvalue weighted by atomic mass is 16.6. The summed E-state index contributed by atoms with van der Waals surface area (Å²) in [5.74, 6) is -2.34. The summed E-state index contributed by atoms with van der Waals surface area (Å²) in [7, 11) is 1.54. The molecule has 2 N–H and O–H groups in total. The smallest absolute Gasteiger partial charge is 0.407 e. The van der Waals surface area contributed by atoms with Crippen molar-refractivity contribution in [2.24, 2.45) is 0 Å². The summed E-state index contributed by atoms with van der Waals surface area (Å²) < 4.78 is 4.84. The SMILES string of the molecule is CNC(=O)OC(C)(C)C.O=C(O)CN1C(=O)C=CC1=O. The maximum absolute atomic E-state index is 10.7. The van der Waals surface area contributed by atoms with Gasteiger partial charge in [-0.05, 0) is 20.8 Å². The van der Waals surface area contributed by atoms with Crippen LogP contribution in [-0.4, -0.2) is 53.1 Å². The lowest BCUT2D eigenvalue weighted by molar-refractivity contribution is -0.147. The highest BCUT2D eigenvalue weighted by Gasteiger charge is 2.24. The second-order valence-electron chi connectivity index (χ2n) is 4.74. The first kappa shape index (κ1) is 17.6. The quantitative estimate of drug-likeness (QED) is 0.698. The van der Waals surface area contributed by atoms with Crippen LogP contribution in [0.1, 0.15) is 20.8 Å². The third-order valence-corrected chi connectivity index (χ3v) is 1.80. The zero-order valence-corrected chi connectivity index (χ0v) is 11.8. The van der Waals surface area contributed by atoms with E-state index in [0.29, 0.717) is 4.90 Å². The molecule has 1 aliphatic heterocycles. The lowest BCUT2D eigenvalue weighted by Crippen LogP contribution is -2.34. The fourth-order valence-corrected chi connectivity index (χ4v) is 1.05. The predicted octanol–water partition coefficient (Wildman–Crippen LogP) is 0.137. The molecule has 0 unspecified atom stereocenters. The predicted molar refractivity (Wildman–Crippen MR) is 68.8 cm³/mol. The van der Waals surface area contributed by atoms with E-state index >= 15 is 0 Å². The molecule has 0 atom stereocenters. The molecule has 0 aliphatic carbocycles. The van der Waals surface area contributed by atoms with Gasteiger partial charge >= 0.3 is 12.1 Å². The molecule has 0 fully saturated rings. The fourth-order valence-electron chi connectivity index (χ4n) is 1.05. The van der Waals surface area contributed by atoms with Crippen LogP contribution in [0.3, 0.4) is 0 Å². The summed E-state index contributed by atoms with van der Waals surface area (Å²) >= 11 is 0. The lowest BCUT2D eigenvalue weighted by Gasteiger charge is -2.18. The number of carboxylic acid groups (broad SMARTS) is 1. The van der Waals surface area contributed by atoms with Crippen LogP contribution in [0.2, 0.25) is 0 Å². The molecule has 8 nitrogen and oxygen atoms in total. The number of rotatable bonds is 2. The van der Waals surface area contributed by atoms with Gasteiger partial charge in [-0.3, -0.25) is 19.3 Å². The number of nitrogens with one attached hydrogen (secondary N) is 1. The van der Waals surface area contributed by atoms with Crippen LogP contribution in [0.5, 0.6) is 0 Å². The van der Waals surface area contributed by atoms with Crippen molar-refractivity contribution in [3.63, 3.8) is 0 Å². The average Bonchev–Trinajstić information content (AvgIpc) is 2.59. The van der Waals surface area contributed by atoms with E-state index < -0.39 is 24.3 Å². The van der Waals surface area contributed by atoms with E-state index in [1.54, 1.807) is 0 Å². The third-order valence-electron chi connectivity index (χ3n) is 1.80. The van der Waals surface area contributed by atoms with Crippen molar-refractivity contribution in [2.75, 3.05) is 13.6 Å². The fraction of sp³-hybridized carbons (Fsp3) is 0.500. The van der Waals surface area contributed by atoms with E-state index in [1.807, 2.05) is 20.8 Å². The Labute approximate surface area is 116 Å². The van der Waals surface area contributed by atoms with Crippen LogP contribution in [0.25, 0.3) is 0 Å². The summed E-state index contributed by atoms with van der Waals surface area (Å²) in [5.41, 5.74) is -0.389. The van der Waals surface area contributed by atoms with Crippen LogP contribution >= 0.6 is 0 Å². The number of hydrogen-bond acceptors (Lipinski definition) is 5. The van der Waals surface area contributed by atoms with Crippen LogP contribution in [0.4, 0.5) is 4.79 Å². The van der Waals surface area contributed by atoms with Gasteiger partial charge in [0, 0.05) is 19.2 Å². The van der Waals surface area contributed by atoms with Gasteiger partial charge in [0.15, 0.2) is 0 Å². The lowest BCUT2D eigenvalue weighted by atomic mass is 10.2. The minimum absolute atomic E-state index is 0.387. The van der Waals surface area contributed by atoms with Gasteiger partial charge < -0.3 is 15.2 Å². The molecule has 112 valence electrons. The number of imide groups is 1. The van der Waals surface area contributed by atoms with Crippen molar-refractivity contribution in [1.82, 2.24) is 10.2 Å². The van der Waals surface area contributed by atoms with Crippen molar-refractivity contribution in [3.8, 4) is 0 Å². The number of carbonyl (C=O) groups is 4. The molecule has 3 amide bonds. The van der Waals surface area contributed by atoms with Crippen molar-refractivity contribution < 1.29 is 29.0 Å². The van der Waals surface area contributed by atoms with E-state index in [9.17, 15) is 19.2 Å². The first-order valence-corrected chi connectivity index (χ1v) is 5.73. The summed E-state index contributed by atoms with van der Waals surface area (Å²) in [6.45, 7) is 4.90. The highest BCUT2D eigenvalue weighted by Crippen LogP contribution is 2.05. The molecule has 0 aromatic rings. The summed E-state index contributed by atoms with van der Waals surface area (Å²) in [6.07, 6.45) is 1.71. The van der Waals surface area contributed by atoms with Crippen LogP contribution in [0, 0.1) is 0 Å². The molecule has 0 aromatic heterocycles. The van der Waals surface area contributed by atoms with E-state index in [0.717, 1.165) is 12.2 Å². The van der Waals surface area contributed by atoms with Gasteiger partial charge in [-0.1, -0.05) is 0 Å². The van der Waals surface area contributed by atoms with Gasteiger partial charge in [-0.25, -0.2) is 4.79 Å². The molecule has 1 aliphatic rings. The number of hydrogen-bond donors (Lipinski definition) is 2. The molecule has 0 saturated heterocycles. The normalized spacial score (nSPS) is 13.7. The second-order valence-corrected chi connectivity index (χ2v) is 4.74. The van der Waals surface area contributed by atoms with Gasteiger partial charge in [-0.15, -0.1) is 0 Å². The molecule has 20 heavy (non-hydrogen) atoms. The Morgan fingerprint density at radius 1 is 1.25 bits per heavy atom. The molecular formula is C12H18N2O6. The zero-order valence-electron chi connectivity index (χ0n) is 11.8. The molecule has 1 rings (SSSR count). The third kappa shape index (κ3) is 7.14. The Hall–Kier alpha value is -2.38. The molecule has 8 heteroatoms. The van der Waals surface area contributed by atoms with E-state index in [2.05, 4.69) is 5.32 Å². The number of aliphatic carboxylic acids is 1. The Morgan fingerprint density at radius 2 is 1.70 bits per heavy atom. The standard InChI is InChI=1S/C6H5NO4.C6H13NO2/c8-4-1-2-5(9)7(4)3-6(10)11;1-6(2,3)9-5(8)7-4/h1-2H,3H2,(H,10,11);1-4H3,(H,7,8). The minimum Gasteiger partial charge on any atom is -0.480 e. The van der Waals surface area contributed by atoms with Gasteiger partial charge in [0.05, 0.1) is 0 Å². The average molecular weight is 286 g/mol. The Morgan fingerprint density at radius 3 is 1.95 bits per heavy atom. The van der Waals surface area contributed by atoms with Crippen LogP contribution in [-0.2, 0) is 19.1 Å². The number of carboxylic acids is 1. The number of alkyl carbamates (subject to hydrolysis) is 1.